The van der Waals surface area contributed by atoms with Gasteiger partial charge in [-0.1, -0.05) is 41.9 Å². The molecule has 0 aromatic heterocycles. The van der Waals surface area contributed by atoms with Gasteiger partial charge in [0, 0.05) is 0 Å². The van der Waals surface area contributed by atoms with E-state index in [9.17, 15) is 4.79 Å². The first-order chi connectivity index (χ1) is 17.0. The van der Waals surface area contributed by atoms with Crippen LogP contribution in [0.25, 0.3) is 6.08 Å². The van der Waals surface area contributed by atoms with E-state index in [1.807, 2.05) is 42.5 Å². The maximum atomic E-state index is 13.0. The van der Waals surface area contributed by atoms with E-state index in [2.05, 4.69) is 5.10 Å². The number of para-hydroxylation sites is 2. The fourth-order valence-corrected chi connectivity index (χ4v) is 3.77. The number of anilines is 1. The van der Waals surface area contributed by atoms with Gasteiger partial charge in [-0.2, -0.15) is 10.1 Å². The lowest BCUT2D eigenvalue weighted by molar-refractivity contribution is -0.114. The molecule has 0 atom stereocenters. The van der Waals surface area contributed by atoms with Crippen LogP contribution in [0.15, 0.2) is 77.4 Å². The smallest absolute Gasteiger partial charge is 0.280 e. The SMILES string of the molecule is COc1cc(C=C2C(=O)N(c3ccccc3)N=C2C)cc(OC)c1OCCOc1ccccc1Cl. The Kier molecular flexibility index (Phi) is 7.57. The Balaban J connectivity index is 1.52. The second-order valence-electron chi connectivity index (χ2n) is 7.58. The molecular formula is C27H25ClN2O5. The minimum Gasteiger partial charge on any atom is -0.493 e. The predicted molar refractivity (Wildman–Crippen MR) is 137 cm³/mol. The summed E-state index contributed by atoms with van der Waals surface area (Å²) in [6.07, 6.45) is 1.76. The van der Waals surface area contributed by atoms with E-state index in [0.29, 0.717) is 50.6 Å². The molecule has 1 heterocycles. The highest BCUT2D eigenvalue weighted by Gasteiger charge is 2.28. The molecule has 3 aromatic carbocycles. The lowest BCUT2D eigenvalue weighted by Gasteiger charge is -2.16. The number of rotatable bonds is 9. The van der Waals surface area contributed by atoms with Gasteiger partial charge >= 0.3 is 0 Å². The maximum Gasteiger partial charge on any atom is 0.280 e. The van der Waals surface area contributed by atoms with E-state index in [-0.39, 0.29) is 19.1 Å². The summed E-state index contributed by atoms with van der Waals surface area (Å²) in [5.41, 5.74) is 2.53. The van der Waals surface area contributed by atoms with Crippen LogP contribution in [0.5, 0.6) is 23.0 Å². The van der Waals surface area contributed by atoms with Gasteiger partial charge in [0.05, 0.1) is 36.2 Å². The molecule has 0 aliphatic carbocycles. The number of hydrazone groups is 1. The summed E-state index contributed by atoms with van der Waals surface area (Å²) in [6.45, 7) is 2.33. The van der Waals surface area contributed by atoms with Gasteiger partial charge < -0.3 is 18.9 Å². The Morgan fingerprint density at radius 2 is 1.51 bits per heavy atom. The van der Waals surface area contributed by atoms with Crippen molar-refractivity contribution in [3.05, 3.63) is 82.9 Å². The van der Waals surface area contributed by atoms with Crippen molar-refractivity contribution < 1.29 is 23.7 Å². The van der Waals surface area contributed by atoms with Crippen molar-refractivity contribution in [3.63, 3.8) is 0 Å². The molecule has 8 heteroatoms. The van der Waals surface area contributed by atoms with Gasteiger partial charge in [-0.25, -0.2) is 0 Å². The number of halogens is 1. The van der Waals surface area contributed by atoms with Crippen molar-refractivity contribution in [2.75, 3.05) is 32.4 Å². The summed E-state index contributed by atoms with van der Waals surface area (Å²) >= 11 is 6.12. The molecule has 1 aliphatic heterocycles. The topological polar surface area (TPSA) is 69.6 Å². The molecule has 0 spiro atoms. The second kappa shape index (κ2) is 11.0. The van der Waals surface area contributed by atoms with Gasteiger partial charge in [0.15, 0.2) is 11.5 Å². The zero-order chi connectivity index (χ0) is 24.8. The monoisotopic (exact) mass is 492 g/mol. The van der Waals surface area contributed by atoms with Gasteiger partial charge in [-0.05, 0) is 55.0 Å². The van der Waals surface area contributed by atoms with Gasteiger partial charge in [0.1, 0.15) is 19.0 Å². The van der Waals surface area contributed by atoms with E-state index in [1.54, 1.807) is 51.5 Å². The number of hydrogen-bond donors (Lipinski definition) is 0. The number of carbonyl (C=O) groups excluding carboxylic acids is 1. The zero-order valence-corrected chi connectivity index (χ0v) is 20.4. The average Bonchev–Trinajstić information content (AvgIpc) is 3.16. The molecule has 1 amide bonds. The predicted octanol–water partition coefficient (Wildman–Crippen LogP) is 5.62. The lowest BCUT2D eigenvalue weighted by atomic mass is 10.1. The molecule has 35 heavy (non-hydrogen) atoms. The number of ether oxygens (including phenoxy) is 4. The molecule has 7 nitrogen and oxygen atoms in total. The minimum atomic E-state index is -0.205. The Hall–Kier alpha value is -3.97. The van der Waals surface area contributed by atoms with E-state index < -0.39 is 0 Å². The Labute approximate surface area is 209 Å². The first-order valence-corrected chi connectivity index (χ1v) is 11.3. The molecular weight excluding hydrogens is 468 g/mol. The fraction of sp³-hybridized carbons (Fsp3) is 0.185. The molecule has 4 rings (SSSR count). The van der Waals surface area contributed by atoms with Crippen LogP contribution < -0.4 is 24.0 Å². The molecule has 0 unspecified atom stereocenters. The molecule has 0 saturated heterocycles. The number of hydrogen-bond acceptors (Lipinski definition) is 6. The molecule has 0 saturated carbocycles. The summed E-state index contributed by atoms with van der Waals surface area (Å²) in [6, 6.07) is 20.1. The first kappa shape index (κ1) is 24.2. The van der Waals surface area contributed by atoms with E-state index >= 15 is 0 Å². The van der Waals surface area contributed by atoms with Crippen LogP contribution in [0.4, 0.5) is 5.69 Å². The molecule has 180 valence electrons. The van der Waals surface area contributed by atoms with Crippen molar-refractivity contribution >= 4 is 35.0 Å². The second-order valence-corrected chi connectivity index (χ2v) is 7.99. The van der Waals surface area contributed by atoms with E-state index in [4.69, 9.17) is 30.5 Å². The van der Waals surface area contributed by atoms with Crippen molar-refractivity contribution in [2.24, 2.45) is 5.10 Å². The Morgan fingerprint density at radius 3 is 2.17 bits per heavy atom. The van der Waals surface area contributed by atoms with Gasteiger partial charge in [-0.3, -0.25) is 4.79 Å². The van der Waals surface area contributed by atoms with Crippen molar-refractivity contribution in [1.29, 1.82) is 0 Å². The third kappa shape index (κ3) is 5.41. The molecule has 0 fully saturated rings. The van der Waals surface area contributed by atoms with Crippen LogP contribution >= 0.6 is 11.6 Å². The normalized spacial score (nSPS) is 14.2. The van der Waals surface area contributed by atoms with Crippen molar-refractivity contribution in [2.45, 2.75) is 6.92 Å². The third-order valence-electron chi connectivity index (χ3n) is 5.28. The fourth-order valence-electron chi connectivity index (χ4n) is 3.58. The van der Waals surface area contributed by atoms with Gasteiger partial charge in [0.2, 0.25) is 5.75 Å². The highest BCUT2D eigenvalue weighted by Crippen LogP contribution is 2.39. The van der Waals surface area contributed by atoms with E-state index in [0.717, 1.165) is 0 Å². The van der Waals surface area contributed by atoms with Crippen LogP contribution in [0.3, 0.4) is 0 Å². The zero-order valence-electron chi connectivity index (χ0n) is 19.7. The first-order valence-electron chi connectivity index (χ1n) is 10.9. The van der Waals surface area contributed by atoms with Crippen molar-refractivity contribution in [3.8, 4) is 23.0 Å². The Morgan fingerprint density at radius 1 is 0.886 bits per heavy atom. The standard InChI is InChI=1S/C27H25ClN2O5/c1-18-21(27(31)30(29-18)20-9-5-4-6-10-20)15-19-16-24(32-2)26(25(17-19)33-3)35-14-13-34-23-12-8-7-11-22(23)28/h4-12,15-17H,13-14H2,1-3H3. The van der Waals surface area contributed by atoms with Crippen LogP contribution in [0.1, 0.15) is 12.5 Å². The van der Waals surface area contributed by atoms with Crippen LogP contribution in [0.2, 0.25) is 5.02 Å². The third-order valence-corrected chi connectivity index (χ3v) is 5.59. The summed E-state index contributed by atoms with van der Waals surface area (Å²) in [5, 5.41) is 6.35. The average molecular weight is 493 g/mol. The molecule has 0 N–H and O–H groups in total. The quantitative estimate of drug-likeness (QED) is 0.286. The summed E-state index contributed by atoms with van der Waals surface area (Å²) in [7, 11) is 3.09. The Bertz CT molecular complexity index is 1250. The molecule has 0 bridgehead atoms. The largest absolute Gasteiger partial charge is 0.493 e. The van der Waals surface area contributed by atoms with Crippen molar-refractivity contribution in [1.82, 2.24) is 0 Å². The number of methoxy groups -OCH3 is 2. The lowest BCUT2D eigenvalue weighted by Crippen LogP contribution is -2.21. The number of nitrogens with zero attached hydrogens (tertiary/aromatic N) is 2. The highest BCUT2D eigenvalue weighted by molar-refractivity contribution is 6.32. The molecule has 0 radical (unpaired) electrons. The van der Waals surface area contributed by atoms with Crippen LogP contribution in [-0.4, -0.2) is 39.1 Å². The summed E-state index contributed by atoms with van der Waals surface area (Å²) < 4.78 is 22.7. The number of carbonyl (C=O) groups is 1. The molecule has 1 aliphatic rings. The summed E-state index contributed by atoms with van der Waals surface area (Å²) in [5.74, 6) is 1.75. The van der Waals surface area contributed by atoms with E-state index in [1.165, 1.54) is 5.01 Å². The number of benzene rings is 3. The van der Waals surface area contributed by atoms with Gasteiger partial charge in [-0.15, -0.1) is 0 Å². The highest BCUT2D eigenvalue weighted by atomic mass is 35.5. The van der Waals surface area contributed by atoms with Gasteiger partial charge in [0.25, 0.3) is 5.91 Å². The number of amides is 1. The summed E-state index contributed by atoms with van der Waals surface area (Å²) in [4.78, 5) is 13.0. The van der Waals surface area contributed by atoms with Crippen LogP contribution in [-0.2, 0) is 4.79 Å². The maximum absolute atomic E-state index is 13.0. The molecule has 3 aromatic rings. The minimum absolute atomic E-state index is 0.205. The van der Waals surface area contributed by atoms with Crippen LogP contribution in [0, 0.1) is 0 Å².